The van der Waals surface area contributed by atoms with Crippen molar-refractivity contribution in [3.05, 3.63) is 12.7 Å². The van der Waals surface area contributed by atoms with Gasteiger partial charge in [-0.1, -0.05) is 19.9 Å². The van der Waals surface area contributed by atoms with E-state index in [2.05, 4.69) is 31.2 Å². The molecule has 1 nitrogen and oxygen atoms in total. The monoisotopic (exact) mass is 193 g/mol. The van der Waals surface area contributed by atoms with Crippen molar-refractivity contribution < 1.29 is 0 Å². The molecular weight excluding hydrogens is 170 g/mol. The van der Waals surface area contributed by atoms with E-state index in [1.54, 1.807) is 0 Å². The van der Waals surface area contributed by atoms with Gasteiger partial charge in [0, 0.05) is 6.42 Å². The smallest absolute Gasteiger partial charge is 0.0118 e. The molecule has 0 saturated heterocycles. The van der Waals surface area contributed by atoms with E-state index >= 15 is 0 Å². The van der Waals surface area contributed by atoms with Crippen molar-refractivity contribution in [1.82, 2.24) is 4.90 Å². The maximum atomic E-state index is 5.33. The fourth-order valence-electron chi connectivity index (χ4n) is 1.61. The highest BCUT2D eigenvalue weighted by atomic mass is 15.1. The SMILES string of the molecule is C#CCC(CC=C)CCN(CC)CC. The van der Waals surface area contributed by atoms with Crippen LogP contribution in [0.1, 0.15) is 33.1 Å². The maximum absolute atomic E-state index is 5.33. The molecule has 0 aliphatic heterocycles. The minimum atomic E-state index is 0.623. The highest BCUT2D eigenvalue weighted by Gasteiger charge is 2.07. The summed E-state index contributed by atoms with van der Waals surface area (Å²) in [6, 6.07) is 0. The molecule has 0 fully saturated rings. The highest BCUT2D eigenvalue weighted by Crippen LogP contribution is 2.13. The fraction of sp³-hybridized carbons (Fsp3) is 0.692. The van der Waals surface area contributed by atoms with Gasteiger partial charge in [-0.25, -0.2) is 0 Å². The Morgan fingerprint density at radius 2 is 2.07 bits per heavy atom. The summed E-state index contributed by atoms with van der Waals surface area (Å²) in [5.74, 6) is 3.37. The molecule has 14 heavy (non-hydrogen) atoms. The summed E-state index contributed by atoms with van der Waals surface area (Å²) in [7, 11) is 0. The third-order valence-corrected chi connectivity index (χ3v) is 2.65. The van der Waals surface area contributed by atoms with Crippen LogP contribution in [0.2, 0.25) is 0 Å². The molecule has 80 valence electrons. The van der Waals surface area contributed by atoms with Crippen molar-refractivity contribution in [2.75, 3.05) is 19.6 Å². The summed E-state index contributed by atoms with van der Waals surface area (Å²) in [5.41, 5.74) is 0. The molecule has 0 bridgehead atoms. The third kappa shape index (κ3) is 5.83. The van der Waals surface area contributed by atoms with Gasteiger partial charge in [-0.15, -0.1) is 18.9 Å². The van der Waals surface area contributed by atoms with Crippen LogP contribution in [0.3, 0.4) is 0 Å². The molecule has 0 saturated carbocycles. The molecule has 0 aromatic carbocycles. The summed E-state index contributed by atoms with van der Waals surface area (Å²) in [4.78, 5) is 2.44. The summed E-state index contributed by atoms with van der Waals surface area (Å²) >= 11 is 0. The van der Waals surface area contributed by atoms with Gasteiger partial charge in [-0.3, -0.25) is 0 Å². The van der Waals surface area contributed by atoms with Crippen LogP contribution in [0.4, 0.5) is 0 Å². The van der Waals surface area contributed by atoms with Crippen LogP contribution in [0.5, 0.6) is 0 Å². The lowest BCUT2D eigenvalue weighted by atomic mass is 9.98. The number of hydrogen-bond acceptors (Lipinski definition) is 1. The van der Waals surface area contributed by atoms with Crippen molar-refractivity contribution in [3.63, 3.8) is 0 Å². The lowest BCUT2D eigenvalue weighted by Crippen LogP contribution is -2.25. The first-order valence-electron chi connectivity index (χ1n) is 5.55. The van der Waals surface area contributed by atoms with Crippen LogP contribution in [0.25, 0.3) is 0 Å². The molecule has 0 aromatic rings. The molecule has 0 N–H and O–H groups in total. The van der Waals surface area contributed by atoms with Crippen LogP contribution in [-0.2, 0) is 0 Å². The van der Waals surface area contributed by atoms with Crippen molar-refractivity contribution in [2.45, 2.75) is 33.1 Å². The second-order valence-corrected chi connectivity index (χ2v) is 3.61. The van der Waals surface area contributed by atoms with Crippen LogP contribution >= 0.6 is 0 Å². The first-order chi connectivity index (χ1) is 6.78. The summed E-state index contributed by atoms with van der Waals surface area (Å²) < 4.78 is 0. The Kier molecular flexibility index (Phi) is 8.37. The molecule has 0 rings (SSSR count). The average molecular weight is 193 g/mol. The lowest BCUT2D eigenvalue weighted by Gasteiger charge is -2.20. The van der Waals surface area contributed by atoms with Gasteiger partial charge < -0.3 is 4.90 Å². The van der Waals surface area contributed by atoms with E-state index in [1.807, 2.05) is 6.08 Å². The Hall–Kier alpha value is -0.740. The van der Waals surface area contributed by atoms with Crippen molar-refractivity contribution in [3.8, 4) is 12.3 Å². The lowest BCUT2D eigenvalue weighted by molar-refractivity contribution is 0.276. The van der Waals surface area contributed by atoms with E-state index in [4.69, 9.17) is 6.42 Å². The molecule has 0 radical (unpaired) electrons. The molecule has 0 heterocycles. The molecule has 1 heteroatoms. The maximum Gasteiger partial charge on any atom is 0.0118 e. The van der Waals surface area contributed by atoms with Gasteiger partial charge in [0.25, 0.3) is 0 Å². The third-order valence-electron chi connectivity index (χ3n) is 2.65. The minimum Gasteiger partial charge on any atom is -0.304 e. The molecule has 1 unspecified atom stereocenters. The van der Waals surface area contributed by atoms with Gasteiger partial charge in [-0.05, 0) is 38.4 Å². The van der Waals surface area contributed by atoms with E-state index < -0.39 is 0 Å². The summed E-state index contributed by atoms with van der Waals surface area (Å²) in [5, 5.41) is 0. The number of allylic oxidation sites excluding steroid dienone is 1. The topological polar surface area (TPSA) is 3.24 Å². The van der Waals surface area contributed by atoms with E-state index in [-0.39, 0.29) is 0 Å². The zero-order valence-corrected chi connectivity index (χ0v) is 9.63. The van der Waals surface area contributed by atoms with E-state index in [9.17, 15) is 0 Å². The Labute approximate surface area is 89.2 Å². The van der Waals surface area contributed by atoms with Crippen LogP contribution in [0, 0.1) is 18.3 Å². The highest BCUT2D eigenvalue weighted by molar-refractivity contribution is 4.89. The predicted octanol–water partition coefficient (Wildman–Crippen LogP) is 2.93. The van der Waals surface area contributed by atoms with Crippen molar-refractivity contribution in [1.29, 1.82) is 0 Å². The van der Waals surface area contributed by atoms with Gasteiger partial charge in [-0.2, -0.15) is 0 Å². The largest absolute Gasteiger partial charge is 0.304 e. The zero-order chi connectivity index (χ0) is 10.8. The molecule has 0 spiro atoms. The first-order valence-corrected chi connectivity index (χ1v) is 5.55. The summed E-state index contributed by atoms with van der Waals surface area (Å²) in [6.45, 7) is 11.6. The van der Waals surface area contributed by atoms with Gasteiger partial charge in [0.2, 0.25) is 0 Å². The Morgan fingerprint density at radius 1 is 1.43 bits per heavy atom. The summed E-state index contributed by atoms with van der Waals surface area (Å²) in [6.07, 6.45) is 10.4. The molecule has 0 aliphatic carbocycles. The quantitative estimate of drug-likeness (QED) is 0.423. The molecule has 0 aliphatic rings. The zero-order valence-electron chi connectivity index (χ0n) is 9.63. The van der Waals surface area contributed by atoms with E-state index in [0.29, 0.717) is 5.92 Å². The van der Waals surface area contributed by atoms with Crippen LogP contribution in [0.15, 0.2) is 12.7 Å². The Balaban J connectivity index is 3.79. The van der Waals surface area contributed by atoms with Gasteiger partial charge in [0.15, 0.2) is 0 Å². The second-order valence-electron chi connectivity index (χ2n) is 3.61. The van der Waals surface area contributed by atoms with Gasteiger partial charge in [0.1, 0.15) is 0 Å². The van der Waals surface area contributed by atoms with Crippen LogP contribution in [-0.4, -0.2) is 24.5 Å². The molecular formula is C13H23N. The number of hydrogen-bond donors (Lipinski definition) is 0. The Morgan fingerprint density at radius 3 is 2.50 bits per heavy atom. The van der Waals surface area contributed by atoms with Gasteiger partial charge >= 0.3 is 0 Å². The number of terminal acetylenes is 1. The Bertz CT molecular complexity index is 174. The fourth-order valence-corrected chi connectivity index (χ4v) is 1.61. The molecule has 1 atom stereocenters. The first kappa shape index (κ1) is 13.3. The number of nitrogens with zero attached hydrogens (tertiary/aromatic N) is 1. The minimum absolute atomic E-state index is 0.623. The number of rotatable bonds is 8. The predicted molar refractivity (Wildman–Crippen MR) is 64.2 cm³/mol. The average Bonchev–Trinajstić information content (AvgIpc) is 2.20. The molecule has 0 aromatic heterocycles. The van der Waals surface area contributed by atoms with E-state index in [1.165, 1.54) is 6.42 Å². The van der Waals surface area contributed by atoms with Gasteiger partial charge in [0.05, 0.1) is 0 Å². The van der Waals surface area contributed by atoms with Crippen molar-refractivity contribution in [2.24, 2.45) is 5.92 Å². The molecule has 0 amide bonds. The van der Waals surface area contributed by atoms with E-state index in [0.717, 1.165) is 32.5 Å². The second kappa shape index (κ2) is 8.84. The normalized spacial score (nSPS) is 12.4. The van der Waals surface area contributed by atoms with Crippen molar-refractivity contribution >= 4 is 0 Å². The van der Waals surface area contributed by atoms with Crippen LogP contribution < -0.4 is 0 Å². The standard InChI is InChI=1S/C13H23N/c1-5-9-13(10-6-2)11-12-14(7-3)8-4/h1,6,13H,2,7-12H2,3-4H3.